The number of amides is 1. The Morgan fingerprint density at radius 2 is 1.70 bits per heavy atom. The molecule has 8 heteroatoms. The second-order valence-electron chi connectivity index (χ2n) is 6.26. The molecule has 0 spiro atoms. The Bertz CT molecular complexity index is 915. The predicted molar refractivity (Wildman–Crippen MR) is 111 cm³/mol. The van der Waals surface area contributed by atoms with Gasteiger partial charge >= 0.3 is 0 Å². The molecular weight excluding hydrogens is 407 g/mol. The molecule has 0 saturated heterocycles. The van der Waals surface area contributed by atoms with E-state index in [1.165, 1.54) is 0 Å². The average Bonchev–Trinajstić information content (AvgIpc) is 2.60. The van der Waals surface area contributed by atoms with E-state index in [2.05, 4.69) is 5.32 Å². The molecule has 0 aliphatic rings. The number of carbonyl (C=O) groups excluding carboxylic acids is 1. The van der Waals surface area contributed by atoms with Gasteiger partial charge in [-0.3, -0.25) is 9.10 Å². The molecule has 2 rings (SSSR count). The quantitative estimate of drug-likeness (QED) is 0.719. The average molecular weight is 429 g/mol. The van der Waals surface area contributed by atoms with Crippen molar-refractivity contribution >= 4 is 44.8 Å². The van der Waals surface area contributed by atoms with Gasteiger partial charge in [0.2, 0.25) is 15.9 Å². The molecule has 0 radical (unpaired) electrons. The summed E-state index contributed by atoms with van der Waals surface area (Å²) in [6.45, 7) is 3.82. The first-order valence-electron chi connectivity index (χ1n) is 8.41. The third-order valence-corrected chi connectivity index (χ3v) is 5.77. The minimum Gasteiger partial charge on any atom is -0.350 e. The Labute approximate surface area is 170 Å². The summed E-state index contributed by atoms with van der Waals surface area (Å²) in [6, 6.07) is 11.2. The van der Waals surface area contributed by atoms with Crippen LogP contribution in [0, 0.1) is 6.92 Å². The molecule has 27 heavy (non-hydrogen) atoms. The van der Waals surface area contributed by atoms with Gasteiger partial charge in [0.25, 0.3) is 0 Å². The molecule has 0 fully saturated rings. The van der Waals surface area contributed by atoms with E-state index >= 15 is 0 Å². The highest BCUT2D eigenvalue weighted by Gasteiger charge is 2.32. The van der Waals surface area contributed by atoms with Crippen LogP contribution >= 0.6 is 23.2 Å². The van der Waals surface area contributed by atoms with Crippen molar-refractivity contribution < 1.29 is 13.2 Å². The monoisotopic (exact) mass is 428 g/mol. The SMILES string of the molecule is CC[C@H](C(=O)NCc1ccc(Cl)cc1)N(c1cc(Cl)ccc1C)S(C)(=O)=O. The van der Waals surface area contributed by atoms with Gasteiger partial charge in [-0.2, -0.15) is 0 Å². The van der Waals surface area contributed by atoms with E-state index in [0.29, 0.717) is 27.7 Å². The summed E-state index contributed by atoms with van der Waals surface area (Å²) in [7, 11) is -3.71. The maximum atomic E-state index is 12.8. The van der Waals surface area contributed by atoms with E-state index in [0.717, 1.165) is 16.1 Å². The Kier molecular flexibility index (Phi) is 7.14. The van der Waals surface area contributed by atoms with E-state index < -0.39 is 16.1 Å². The van der Waals surface area contributed by atoms with Crippen LogP contribution < -0.4 is 9.62 Å². The highest BCUT2D eigenvalue weighted by molar-refractivity contribution is 7.92. The first-order valence-corrected chi connectivity index (χ1v) is 11.0. The Balaban J connectivity index is 2.30. The van der Waals surface area contributed by atoms with Crippen LogP contribution in [-0.2, 0) is 21.4 Å². The number of nitrogens with zero attached hydrogens (tertiary/aromatic N) is 1. The smallest absolute Gasteiger partial charge is 0.244 e. The van der Waals surface area contributed by atoms with Gasteiger partial charge in [0, 0.05) is 16.6 Å². The van der Waals surface area contributed by atoms with Crippen molar-refractivity contribution in [2.45, 2.75) is 32.9 Å². The fourth-order valence-corrected chi connectivity index (χ4v) is 4.32. The van der Waals surface area contributed by atoms with Gasteiger partial charge in [-0.15, -0.1) is 0 Å². The number of halogens is 2. The predicted octanol–water partition coefficient (Wildman–Crippen LogP) is 4.16. The third kappa shape index (κ3) is 5.61. The molecule has 0 aliphatic carbocycles. The van der Waals surface area contributed by atoms with Crippen LogP contribution in [0.4, 0.5) is 5.69 Å². The molecule has 0 aromatic heterocycles. The summed E-state index contributed by atoms with van der Waals surface area (Å²) in [4.78, 5) is 12.8. The lowest BCUT2D eigenvalue weighted by atomic mass is 10.1. The zero-order valence-electron chi connectivity index (χ0n) is 15.4. The fourth-order valence-electron chi connectivity index (χ4n) is 2.76. The van der Waals surface area contributed by atoms with E-state index in [1.54, 1.807) is 56.3 Å². The highest BCUT2D eigenvalue weighted by atomic mass is 35.5. The lowest BCUT2D eigenvalue weighted by molar-refractivity contribution is -0.122. The summed E-state index contributed by atoms with van der Waals surface area (Å²) in [5, 5.41) is 3.82. The number of anilines is 1. The Morgan fingerprint density at radius 1 is 1.11 bits per heavy atom. The van der Waals surface area contributed by atoms with Crippen LogP contribution in [0.3, 0.4) is 0 Å². The van der Waals surface area contributed by atoms with Gasteiger partial charge in [0.1, 0.15) is 6.04 Å². The van der Waals surface area contributed by atoms with Crippen LogP contribution in [0.5, 0.6) is 0 Å². The van der Waals surface area contributed by atoms with Gasteiger partial charge in [-0.05, 0) is 48.7 Å². The standard InChI is InChI=1S/C19H22Cl2N2O3S/c1-4-17(19(24)22-12-14-6-9-15(20)10-7-14)23(27(3,25)26)18-11-16(21)8-5-13(18)2/h5-11,17H,4,12H2,1-3H3,(H,22,24)/t17-/m1/s1. The van der Waals surface area contributed by atoms with Crippen molar-refractivity contribution in [3.8, 4) is 0 Å². The number of hydrogen-bond acceptors (Lipinski definition) is 3. The fraction of sp³-hybridized carbons (Fsp3) is 0.316. The van der Waals surface area contributed by atoms with Gasteiger partial charge in [-0.1, -0.05) is 48.3 Å². The van der Waals surface area contributed by atoms with Gasteiger partial charge in [0.05, 0.1) is 11.9 Å². The summed E-state index contributed by atoms with van der Waals surface area (Å²) < 4.78 is 26.1. The lowest BCUT2D eigenvalue weighted by Crippen LogP contribution is -2.49. The highest BCUT2D eigenvalue weighted by Crippen LogP contribution is 2.29. The second-order valence-corrected chi connectivity index (χ2v) is 8.99. The van der Waals surface area contributed by atoms with Crippen molar-refractivity contribution in [2.24, 2.45) is 0 Å². The summed E-state index contributed by atoms with van der Waals surface area (Å²) in [5.74, 6) is -0.378. The topological polar surface area (TPSA) is 66.5 Å². The van der Waals surface area contributed by atoms with Gasteiger partial charge in [-0.25, -0.2) is 8.42 Å². The first kappa shape index (κ1) is 21.5. The van der Waals surface area contributed by atoms with Crippen LogP contribution in [0.1, 0.15) is 24.5 Å². The van der Waals surface area contributed by atoms with Crippen LogP contribution in [0.25, 0.3) is 0 Å². The largest absolute Gasteiger partial charge is 0.350 e. The van der Waals surface area contributed by atoms with Crippen molar-refractivity contribution in [3.63, 3.8) is 0 Å². The zero-order chi connectivity index (χ0) is 20.2. The van der Waals surface area contributed by atoms with E-state index in [4.69, 9.17) is 23.2 Å². The first-order chi connectivity index (χ1) is 12.6. The number of sulfonamides is 1. The summed E-state index contributed by atoms with van der Waals surface area (Å²) >= 11 is 11.9. The molecule has 0 bridgehead atoms. The Hall–Kier alpha value is -1.76. The molecule has 0 aliphatic heterocycles. The summed E-state index contributed by atoms with van der Waals surface area (Å²) in [6.07, 6.45) is 1.40. The Morgan fingerprint density at radius 3 is 2.26 bits per heavy atom. The van der Waals surface area contributed by atoms with Crippen molar-refractivity contribution in [3.05, 3.63) is 63.6 Å². The van der Waals surface area contributed by atoms with Crippen molar-refractivity contribution in [1.82, 2.24) is 5.32 Å². The van der Waals surface area contributed by atoms with E-state index in [9.17, 15) is 13.2 Å². The van der Waals surface area contributed by atoms with Gasteiger partial charge in [0.15, 0.2) is 0 Å². The minimum absolute atomic E-state index is 0.276. The molecule has 1 atom stereocenters. The van der Waals surface area contributed by atoms with Crippen LogP contribution in [0.15, 0.2) is 42.5 Å². The van der Waals surface area contributed by atoms with Crippen LogP contribution in [0.2, 0.25) is 10.0 Å². The van der Waals surface area contributed by atoms with E-state index in [1.807, 2.05) is 0 Å². The normalized spacial score (nSPS) is 12.5. The molecule has 2 aromatic rings. The number of benzene rings is 2. The second kappa shape index (κ2) is 8.95. The maximum absolute atomic E-state index is 12.8. The van der Waals surface area contributed by atoms with Gasteiger partial charge < -0.3 is 5.32 Å². The molecule has 146 valence electrons. The van der Waals surface area contributed by atoms with Crippen LogP contribution in [-0.4, -0.2) is 26.6 Å². The zero-order valence-corrected chi connectivity index (χ0v) is 17.7. The molecule has 1 amide bonds. The minimum atomic E-state index is -3.71. The molecule has 2 aromatic carbocycles. The number of carbonyl (C=O) groups is 1. The molecule has 5 nitrogen and oxygen atoms in total. The number of hydrogen-bond donors (Lipinski definition) is 1. The van der Waals surface area contributed by atoms with Crippen molar-refractivity contribution in [1.29, 1.82) is 0 Å². The summed E-state index contributed by atoms with van der Waals surface area (Å²) in [5.41, 5.74) is 1.99. The lowest BCUT2D eigenvalue weighted by Gasteiger charge is -2.31. The van der Waals surface area contributed by atoms with Crippen molar-refractivity contribution in [2.75, 3.05) is 10.6 Å². The number of aryl methyl sites for hydroxylation is 1. The maximum Gasteiger partial charge on any atom is 0.244 e. The molecule has 1 N–H and O–H groups in total. The number of nitrogens with one attached hydrogen (secondary N) is 1. The third-order valence-electron chi connectivity index (χ3n) is 4.12. The molecular formula is C19H22Cl2N2O3S. The molecule has 0 heterocycles. The molecule has 0 saturated carbocycles. The molecule has 0 unspecified atom stereocenters. The van der Waals surface area contributed by atoms with E-state index in [-0.39, 0.29) is 12.5 Å². The number of rotatable bonds is 7.